The van der Waals surface area contributed by atoms with Gasteiger partial charge in [-0.3, -0.25) is 4.72 Å². The number of fused-ring (bicyclic) bond motifs is 1. The van der Waals surface area contributed by atoms with E-state index in [0.717, 1.165) is 0 Å². The van der Waals surface area contributed by atoms with Gasteiger partial charge in [0.15, 0.2) is 5.03 Å². The molecule has 4 rings (SSSR count). The molecular formula is C20H16N2O5S2. The Kier molecular flexibility index (Phi) is 4.64. The van der Waals surface area contributed by atoms with Crippen molar-refractivity contribution >= 4 is 36.5 Å². The Morgan fingerprint density at radius 1 is 0.897 bits per heavy atom. The van der Waals surface area contributed by atoms with E-state index in [2.05, 4.69) is 9.71 Å². The van der Waals surface area contributed by atoms with E-state index < -0.39 is 19.9 Å². The second-order valence-corrected chi connectivity index (χ2v) is 9.87. The maximum absolute atomic E-state index is 13.0. The number of para-hydroxylation sites is 1. The maximum Gasteiger partial charge on any atom is 0.295 e. The fourth-order valence-electron chi connectivity index (χ4n) is 2.84. The smallest absolute Gasteiger partial charge is 0.295 e. The third-order valence-corrected chi connectivity index (χ3v) is 7.15. The van der Waals surface area contributed by atoms with Crippen molar-refractivity contribution in [1.82, 2.24) is 4.98 Å². The van der Waals surface area contributed by atoms with E-state index >= 15 is 0 Å². The molecule has 0 amide bonds. The molecule has 0 spiro atoms. The number of nitrogens with one attached hydrogen (secondary N) is 1. The number of hydrogen-bond donors (Lipinski definition) is 1. The molecule has 2 aromatic carbocycles. The van der Waals surface area contributed by atoms with Crippen molar-refractivity contribution in [2.75, 3.05) is 4.72 Å². The van der Waals surface area contributed by atoms with Crippen molar-refractivity contribution in [3.63, 3.8) is 0 Å². The molecule has 0 atom stereocenters. The van der Waals surface area contributed by atoms with Crippen LogP contribution in [0, 0.1) is 6.92 Å². The van der Waals surface area contributed by atoms with Gasteiger partial charge in [-0.05, 0) is 36.8 Å². The van der Waals surface area contributed by atoms with Gasteiger partial charge in [-0.25, -0.2) is 13.4 Å². The lowest BCUT2D eigenvalue weighted by atomic mass is 10.3. The van der Waals surface area contributed by atoms with Gasteiger partial charge in [0, 0.05) is 17.6 Å². The number of anilines is 1. The molecule has 2 heterocycles. The summed E-state index contributed by atoms with van der Waals surface area (Å²) in [6.45, 7) is 1.69. The first-order valence-corrected chi connectivity index (χ1v) is 11.5. The van der Waals surface area contributed by atoms with Crippen LogP contribution in [0.4, 0.5) is 5.69 Å². The largest absolute Gasteiger partial charge is 0.443 e. The summed E-state index contributed by atoms with van der Waals surface area (Å²) in [6, 6.07) is 17.4. The van der Waals surface area contributed by atoms with Crippen molar-refractivity contribution in [3.8, 4) is 0 Å². The minimum Gasteiger partial charge on any atom is -0.443 e. The number of aryl methyl sites for hydroxylation is 1. The number of hydrogen-bond acceptors (Lipinski definition) is 6. The number of sulfone groups is 1. The molecule has 0 aliphatic carbocycles. The molecule has 2 aromatic heterocycles. The molecule has 0 aliphatic heterocycles. The van der Waals surface area contributed by atoms with Gasteiger partial charge in [0.25, 0.3) is 10.0 Å². The third kappa shape index (κ3) is 3.62. The second-order valence-electron chi connectivity index (χ2n) is 6.39. The Labute approximate surface area is 168 Å². The highest BCUT2D eigenvalue weighted by Crippen LogP contribution is 2.30. The van der Waals surface area contributed by atoms with Crippen LogP contribution in [0.1, 0.15) is 5.56 Å². The molecule has 0 unspecified atom stereocenters. The van der Waals surface area contributed by atoms with E-state index in [4.69, 9.17) is 4.42 Å². The number of benzene rings is 2. The molecule has 0 fully saturated rings. The van der Waals surface area contributed by atoms with Crippen molar-refractivity contribution in [1.29, 1.82) is 0 Å². The summed E-state index contributed by atoms with van der Waals surface area (Å²) in [6.07, 6.45) is 1.37. The zero-order valence-electron chi connectivity index (χ0n) is 15.2. The quantitative estimate of drug-likeness (QED) is 0.519. The molecule has 0 saturated heterocycles. The summed E-state index contributed by atoms with van der Waals surface area (Å²) < 4.78 is 59.5. The predicted molar refractivity (Wildman–Crippen MR) is 108 cm³/mol. The maximum atomic E-state index is 13.0. The van der Waals surface area contributed by atoms with Crippen LogP contribution in [0.5, 0.6) is 0 Å². The number of furan rings is 1. The molecule has 7 nitrogen and oxygen atoms in total. The van der Waals surface area contributed by atoms with Crippen molar-refractivity contribution in [2.45, 2.75) is 21.9 Å². The van der Waals surface area contributed by atoms with Crippen LogP contribution >= 0.6 is 0 Å². The van der Waals surface area contributed by atoms with E-state index in [1.807, 2.05) is 0 Å². The van der Waals surface area contributed by atoms with Crippen LogP contribution in [0.3, 0.4) is 0 Å². The lowest BCUT2D eigenvalue weighted by Crippen LogP contribution is -2.16. The average molecular weight is 428 g/mol. The van der Waals surface area contributed by atoms with Gasteiger partial charge in [0.05, 0.1) is 10.6 Å². The monoisotopic (exact) mass is 428 g/mol. The summed E-state index contributed by atoms with van der Waals surface area (Å²) in [7, 11) is -8.21. The van der Waals surface area contributed by atoms with E-state index in [1.54, 1.807) is 49.4 Å². The van der Waals surface area contributed by atoms with Crippen LogP contribution in [0.25, 0.3) is 11.0 Å². The first kappa shape index (κ1) is 19.2. The van der Waals surface area contributed by atoms with Gasteiger partial charge >= 0.3 is 0 Å². The van der Waals surface area contributed by atoms with Crippen molar-refractivity contribution in [3.05, 3.63) is 78.5 Å². The van der Waals surface area contributed by atoms with Crippen LogP contribution in [-0.4, -0.2) is 21.8 Å². The van der Waals surface area contributed by atoms with Gasteiger partial charge in [-0.2, -0.15) is 8.42 Å². The van der Waals surface area contributed by atoms with Crippen LogP contribution in [-0.2, 0) is 19.9 Å². The Morgan fingerprint density at radius 3 is 2.31 bits per heavy atom. The molecule has 9 heteroatoms. The van der Waals surface area contributed by atoms with Gasteiger partial charge in [-0.15, -0.1) is 0 Å². The van der Waals surface area contributed by atoms with Crippen LogP contribution < -0.4 is 4.72 Å². The molecule has 0 saturated carbocycles. The highest BCUT2D eigenvalue weighted by atomic mass is 32.2. The average Bonchev–Trinajstić information content (AvgIpc) is 3.13. The summed E-state index contributed by atoms with van der Waals surface area (Å²) >= 11 is 0. The summed E-state index contributed by atoms with van der Waals surface area (Å²) in [5.41, 5.74) is 0.862. The Morgan fingerprint density at radius 2 is 1.59 bits per heavy atom. The first-order chi connectivity index (χ1) is 13.8. The topological polar surface area (TPSA) is 106 Å². The molecular weight excluding hydrogens is 412 g/mol. The van der Waals surface area contributed by atoms with Gasteiger partial charge in [-0.1, -0.05) is 36.4 Å². The normalized spacial score (nSPS) is 12.2. The molecule has 0 bridgehead atoms. The van der Waals surface area contributed by atoms with Gasteiger partial charge in [0.1, 0.15) is 5.58 Å². The van der Waals surface area contributed by atoms with E-state index in [9.17, 15) is 16.8 Å². The van der Waals surface area contributed by atoms with Crippen molar-refractivity contribution in [2.24, 2.45) is 0 Å². The van der Waals surface area contributed by atoms with Crippen LogP contribution in [0.2, 0.25) is 0 Å². The highest BCUT2D eigenvalue weighted by molar-refractivity contribution is 7.93. The van der Waals surface area contributed by atoms with Crippen LogP contribution in [0.15, 0.2) is 92.4 Å². The molecule has 29 heavy (non-hydrogen) atoms. The van der Waals surface area contributed by atoms with Gasteiger partial charge < -0.3 is 4.42 Å². The Bertz CT molecular complexity index is 1380. The third-order valence-electron chi connectivity index (χ3n) is 4.21. The second kappa shape index (κ2) is 7.02. The fourth-order valence-corrected chi connectivity index (χ4v) is 5.26. The van der Waals surface area contributed by atoms with Gasteiger partial charge in [0.2, 0.25) is 14.9 Å². The summed E-state index contributed by atoms with van der Waals surface area (Å²) in [4.78, 5) is 4.02. The zero-order valence-corrected chi connectivity index (χ0v) is 16.9. The predicted octanol–water partition coefficient (Wildman–Crippen LogP) is 3.77. The molecule has 1 N–H and O–H groups in total. The molecule has 4 aromatic rings. The number of nitrogens with zero attached hydrogens (tertiary/aromatic N) is 1. The zero-order chi connectivity index (χ0) is 20.6. The van der Waals surface area contributed by atoms with E-state index in [0.29, 0.717) is 16.5 Å². The van der Waals surface area contributed by atoms with E-state index in [1.165, 1.54) is 30.5 Å². The minimum absolute atomic E-state index is 0.0144. The lowest BCUT2D eigenvalue weighted by molar-refractivity contribution is 0.484. The Hall–Kier alpha value is -3.17. The number of pyridine rings is 1. The molecule has 0 aliphatic rings. The standard InChI is InChI=1S/C20H16N2O5S2/c1-14-11-17(20(21-13-14)28(23,24)16-8-3-2-4-9-16)22-29(25,26)19-12-15-7-5-6-10-18(15)27-19/h2-13,22H,1H3. The lowest BCUT2D eigenvalue weighted by Gasteiger charge is -2.12. The first-order valence-electron chi connectivity index (χ1n) is 8.55. The SMILES string of the molecule is Cc1cnc(S(=O)(=O)c2ccccc2)c(NS(=O)(=O)c2cc3ccccc3o2)c1. The van der Waals surface area contributed by atoms with Crippen molar-refractivity contribution < 1.29 is 21.3 Å². The van der Waals surface area contributed by atoms with E-state index in [-0.39, 0.29) is 20.7 Å². The number of rotatable bonds is 5. The number of aromatic nitrogens is 1. The summed E-state index contributed by atoms with van der Waals surface area (Å²) in [5.74, 6) is 0. The minimum atomic E-state index is -4.18. The molecule has 0 radical (unpaired) electrons. The highest BCUT2D eigenvalue weighted by Gasteiger charge is 2.27. The fraction of sp³-hybridized carbons (Fsp3) is 0.0500. The molecule has 148 valence electrons. The number of sulfonamides is 1. The summed E-state index contributed by atoms with van der Waals surface area (Å²) in [5, 5.41) is -0.0791. The Balaban J connectivity index is 1.80.